The average Bonchev–Trinajstić information content (AvgIpc) is 0.754. The van der Waals surface area contributed by atoms with Crippen LogP contribution in [0.5, 0.6) is 0 Å². The molecule has 0 aliphatic carbocycles. The van der Waals surface area contributed by atoms with Crippen LogP contribution in [0.15, 0.2) is 0 Å². The Hall–Kier alpha value is -6.08. The van der Waals surface area contributed by atoms with Crippen molar-refractivity contribution < 1.29 is 79.7 Å². The second-order valence-corrected chi connectivity index (χ2v) is 31.2. The molecule has 99 heavy (non-hydrogen) atoms. The van der Waals surface area contributed by atoms with Gasteiger partial charge < -0.3 is 60.1 Å². The Morgan fingerprint density at radius 1 is 0.505 bits per heavy atom. The smallest absolute Gasteiger partial charge is 0.270 e. The Labute approximate surface area is 590 Å². The number of unbranched alkanes of at least 4 members (excludes halogenated alkanes) is 2. The predicted molar refractivity (Wildman–Crippen MR) is 374 cm³/mol. The highest BCUT2D eigenvalue weighted by Gasteiger charge is 2.55. The topological polar surface area (TPSA) is 333 Å². The molecule has 3 heterocycles. The fourth-order valence-corrected chi connectivity index (χ4v) is 13.3. The van der Waals surface area contributed by atoms with Crippen LogP contribution in [0.2, 0.25) is 0 Å². The van der Waals surface area contributed by atoms with Gasteiger partial charge in [0.15, 0.2) is 6.04 Å². The van der Waals surface area contributed by atoms with E-state index in [1.54, 1.807) is 48.5 Å². The maximum Gasteiger partial charge on any atom is 0.270 e. The molecular weight excluding hydrogens is 1300 g/mol. The minimum absolute atomic E-state index is 0.00167. The Balaban J connectivity index is 2.29. The second kappa shape index (κ2) is 39.9. The summed E-state index contributed by atoms with van der Waals surface area (Å²) in [4.78, 5) is 179. The van der Waals surface area contributed by atoms with Gasteiger partial charge in [0.2, 0.25) is 59.1 Å². The lowest BCUT2D eigenvalue weighted by Gasteiger charge is -2.50. The van der Waals surface area contributed by atoms with Crippen molar-refractivity contribution >= 4 is 75.1 Å². The largest absolute Gasteiger partial charge is 0.379 e. The fraction of sp³-hybridized carbons (Fsp3) is 0.841. The van der Waals surface area contributed by atoms with E-state index in [-0.39, 0.29) is 56.7 Å². The molecule has 14 atom stereocenters. The maximum absolute atomic E-state index is 15.3. The Morgan fingerprint density at radius 2 is 1.01 bits per heavy atom. The number of likely N-dealkylation sites (N-methyl/N-ethyl adjacent to an activating group) is 6. The van der Waals surface area contributed by atoms with Gasteiger partial charge in [-0.1, -0.05) is 89.5 Å². The number of amides is 11. The summed E-state index contributed by atoms with van der Waals surface area (Å²) in [5.74, 6) is -9.97. The molecule has 0 spiro atoms. The normalized spacial score (nSPS) is 27.9. The van der Waals surface area contributed by atoms with Gasteiger partial charge in [0.25, 0.3) is 16.0 Å². The van der Waals surface area contributed by atoms with Gasteiger partial charge >= 0.3 is 0 Å². The summed E-state index contributed by atoms with van der Waals surface area (Å²) in [5.41, 5.74) is 0. The van der Waals surface area contributed by atoms with Crippen LogP contribution < -0.4 is 21.3 Å². The third-order valence-electron chi connectivity index (χ3n) is 19.1. The van der Waals surface area contributed by atoms with Crippen molar-refractivity contribution in [1.29, 1.82) is 0 Å². The molecule has 29 nitrogen and oxygen atoms in total. The second-order valence-electron chi connectivity index (χ2n) is 29.5. The minimum atomic E-state index is -3.72. The van der Waals surface area contributed by atoms with Crippen LogP contribution >= 0.6 is 0 Å². The zero-order valence-electron chi connectivity index (χ0n) is 63.7. The third-order valence-corrected chi connectivity index (χ3v) is 19.7. The quantitative estimate of drug-likeness (QED) is 0.0844. The summed E-state index contributed by atoms with van der Waals surface area (Å²) < 4.78 is 40.3. The molecule has 0 unspecified atom stereocenters. The van der Waals surface area contributed by atoms with Crippen LogP contribution in [0.1, 0.15) is 169 Å². The number of hydroxylamine groups is 2. The van der Waals surface area contributed by atoms with Gasteiger partial charge in [-0.15, -0.1) is 0 Å². The van der Waals surface area contributed by atoms with Crippen LogP contribution in [0.3, 0.4) is 0 Å². The molecule has 4 N–H and O–H groups in total. The first kappa shape index (κ1) is 87.1. The lowest BCUT2D eigenvalue weighted by Crippen LogP contribution is -2.72. The first-order valence-corrected chi connectivity index (χ1v) is 37.4. The number of nitrogens with one attached hydrogen (secondary N) is 4. The standard InChI is InChI=1S/C69H124N12O17S/c1-24-50-65(88)74(17)48(15)64(87)79(22)56(49(16)96-33-28-26-30-80-31-35-95-36-32-80)61(84)73-54(43(8)9)68(91)75(18)51(37-40(2)3)60(83)70-46(13)59(82)71-47(14)63(86)76(19)52(38-41(4)5)66(89)77(20)53(39-42(6)7)67(90)78(21)55(44(10)11)69(92)81-57(62(85)72-50)58(98-81)45(12)29-25-27-34-97-99(23,93)94/h40-58H,24-39H2,1-23H3,(H,70,83)(H,71,82)(H,72,85)(H,73,84)/t45-,46+,47-,48-,49-,50+,51+,52+,53+,54+,55+,56+,57+,58-/m1/s1. The van der Waals surface area contributed by atoms with E-state index in [1.165, 1.54) is 82.7 Å². The molecule has 3 aliphatic rings. The number of rotatable bonds is 23. The summed E-state index contributed by atoms with van der Waals surface area (Å²) in [5, 5.41) is 12.0. The van der Waals surface area contributed by atoms with E-state index in [9.17, 15) is 37.2 Å². The highest BCUT2D eigenvalue weighted by molar-refractivity contribution is 7.86. The van der Waals surface area contributed by atoms with Gasteiger partial charge in [-0.3, -0.25) is 66.7 Å². The van der Waals surface area contributed by atoms with Gasteiger partial charge in [0.05, 0.1) is 32.2 Å². The van der Waals surface area contributed by atoms with Crippen molar-refractivity contribution in [2.75, 3.05) is 94.6 Å². The molecule has 0 aromatic heterocycles. The van der Waals surface area contributed by atoms with Gasteiger partial charge in [-0.2, -0.15) is 8.42 Å². The maximum atomic E-state index is 15.3. The zero-order valence-corrected chi connectivity index (χ0v) is 64.5. The summed E-state index contributed by atoms with van der Waals surface area (Å²) in [6.07, 6.45) is 1.85. The number of morpholine rings is 1. The number of carbonyl (C=O) groups excluding carboxylic acids is 11. The lowest BCUT2D eigenvalue weighted by atomic mass is 9.88. The summed E-state index contributed by atoms with van der Waals surface area (Å²) in [7, 11) is 4.80. The predicted octanol–water partition coefficient (Wildman–Crippen LogP) is 2.63. The van der Waals surface area contributed by atoms with Crippen LogP contribution in [0, 0.1) is 35.5 Å². The van der Waals surface area contributed by atoms with Gasteiger partial charge in [0, 0.05) is 62.0 Å². The Morgan fingerprint density at radius 3 is 1.54 bits per heavy atom. The average molecular weight is 1430 g/mol. The summed E-state index contributed by atoms with van der Waals surface area (Å²) >= 11 is 0. The summed E-state index contributed by atoms with van der Waals surface area (Å²) in [6, 6.07) is -14.0. The zero-order chi connectivity index (χ0) is 75.4. The molecule has 0 aromatic rings. The van der Waals surface area contributed by atoms with E-state index >= 15 is 24.0 Å². The number of hydrogen-bond acceptors (Lipinski definition) is 18. The van der Waals surface area contributed by atoms with E-state index in [1.807, 2.05) is 41.5 Å². The molecule has 3 saturated heterocycles. The highest BCUT2D eigenvalue weighted by Crippen LogP contribution is 2.34. The number of carbonyl (C=O) groups is 11. The molecule has 0 bridgehead atoms. The molecule has 3 rings (SSSR count). The monoisotopic (exact) mass is 1420 g/mol. The van der Waals surface area contributed by atoms with Crippen LogP contribution in [0.25, 0.3) is 0 Å². The first-order valence-electron chi connectivity index (χ1n) is 35.6. The number of fused-ring (bicyclic) bond motifs is 1. The van der Waals surface area contributed by atoms with Crippen LogP contribution in [-0.2, 0) is 81.4 Å². The highest BCUT2D eigenvalue weighted by atomic mass is 32.2. The lowest BCUT2D eigenvalue weighted by molar-refractivity contribution is -0.322. The Kier molecular flexibility index (Phi) is 35.2. The van der Waals surface area contributed by atoms with Crippen molar-refractivity contribution in [3.63, 3.8) is 0 Å². The van der Waals surface area contributed by atoms with Gasteiger partial charge in [-0.05, 0) is 121 Å². The van der Waals surface area contributed by atoms with Gasteiger partial charge in [-0.25, -0.2) is 5.06 Å². The van der Waals surface area contributed by atoms with E-state index in [4.69, 9.17) is 18.5 Å². The van der Waals surface area contributed by atoms with Crippen molar-refractivity contribution in [2.24, 2.45) is 35.5 Å². The third kappa shape index (κ3) is 24.9. The van der Waals surface area contributed by atoms with Crippen LogP contribution in [0.4, 0.5) is 0 Å². The van der Waals surface area contributed by atoms with Crippen molar-refractivity contribution in [1.82, 2.24) is 60.6 Å². The van der Waals surface area contributed by atoms with Crippen molar-refractivity contribution in [2.45, 2.75) is 247 Å². The van der Waals surface area contributed by atoms with Crippen molar-refractivity contribution in [3.05, 3.63) is 0 Å². The molecule has 3 aliphatic heterocycles. The fourth-order valence-electron chi connectivity index (χ4n) is 12.9. The van der Waals surface area contributed by atoms with Crippen molar-refractivity contribution in [3.8, 4) is 0 Å². The van der Waals surface area contributed by atoms with E-state index in [2.05, 4.69) is 26.2 Å². The van der Waals surface area contributed by atoms with E-state index in [0.29, 0.717) is 38.9 Å². The van der Waals surface area contributed by atoms with Crippen LogP contribution in [-0.4, -0.2) is 286 Å². The summed E-state index contributed by atoms with van der Waals surface area (Å²) in [6.45, 7) is 31.2. The molecular formula is C69H124N12O17S. The molecule has 11 amide bonds. The van der Waals surface area contributed by atoms with E-state index in [0.717, 1.165) is 47.2 Å². The molecule has 3 fully saturated rings. The Bertz CT molecular complexity index is 2840. The van der Waals surface area contributed by atoms with Gasteiger partial charge in [0.1, 0.15) is 66.5 Å². The molecule has 568 valence electrons. The molecule has 0 aromatic carbocycles. The number of nitrogens with zero attached hydrogens (tertiary/aromatic N) is 8. The minimum Gasteiger partial charge on any atom is -0.379 e. The molecule has 0 saturated carbocycles. The number of ether oxygens (including phenoxy) is 2. The SMILES string of the molecule is CC[C@@H]1NC(=O)[C@@H]2[C@@H]([C@H](C)CCCCOS(C)(=O)=O)ON2C(=O)[C@H](C(C)C)N(C)C(=O)[C@H](CC(C)C)N(C)C(=O)[C@H](CC(C)C)N(C)C(=O)[C@@H](C)NC(=O)[C@H](C)NC(=O)[C@H](CC(C)C)N(C)C(=O)[C@H](C(C)C)NC(=O)[C@H]([C@@H](C)OCCCCN2CCOCC2)N(C)C(=O)[C@@H](C)N(C)C1=O. The first-order chi connectivity index (χ1) is 46.0. The van der Waals surface area contributed by atoms with E-state index < -0.39 is 172 Å². The number of hydrogen-bond donors (Lipinski definition) is 4. The molecule has 0 radical (unpaired) electrons. The molecule has 30 heteroatoms.